The van der Waals surface area contributed by atoms with E-state index in [1.54, 1.807) is 36.4 Å². The lowest BCUT2D eigenvalue weighted by atomic mass is 10.1. The number of thioether (sulfide) groups is 2. The molecule has 0 aromatic heterocycles. The quantitative estimate of drug-likeness (QED) is 0.124. The van der Waals surface area contributed by atoms with Crippen molar-refractivity contribution in [1.82, 2.24) is 0 Å². The van der Waals surface area contributed by atoms with Crippen LogP contribution in [0.15, 0.2) is 80.2 Å². The molecular formula is C28H28N2O6S4. The van der Waals surface area contributed by atoms with E-state index in [1.807, 2.05) is 26.0 Å². The highest BCUT2D eigenvalue weighted by Gasteiger charge is 2.16. The fourth-order valence-corrected chi connectivity index (χ4v) is 7.34. The Kier molecular flexibility index (Phi) is 11.6. The number of hydrogen-bond donors (Lipinski definition) is 0. The molecule has 0 N–H and O–H groups in total. The second-order valence-corrected chi connectivity index (χ2v) is 14.2. The number of nitriles is 2. The normalized spacial score (nSPS) is 11.6. The lowest BCUT2D eigenvalue weighted by Gasteiger charge is -2.11. The average Bonchev–Trinajstić information content (AvgIpc) is 2.93. The van der Waals surface area contributed by atoms with Crippen molar-refractivity contribution in [3.05, 3.63) is 82.9 Å². The van der Waals surface area contributed by atoms with Crippen LogP contribution in [-0.2, 0) is 28.6 Å². The Morgan fingerprint density at radius 2 is 1.00 bits per heavy atom. The van der Waals surface area contributed by atoms with Crippen LogP contribution in [0.25, 0.3) is 0 Å². The van der Waals surface area contributed by atoms with Crippen LogP contribution < -0.4 is 0 Å². The molecule has 0 radical (unpaired) electrons. The van der Waals surface area contributed by atoms with Crippen LogP contribution in [0.2, 0.25) is 0 Å². The first-order chi connectivity index (χ1) is 19.1. The summed E-state index contributed by atoms with van der Waals surface area (Å²) in [7, 11) is -7.69. The van der Waals surface area contributed by atoms with Gasteiger partial charge in [-0.25, -0.2) is 0 Å². The van der Waals surface area contributed by atoms with Gasteiger partial charge in [0.05, 0.1) is 34.1 Å². The van der Waals surface area contributed by atoms with Crippen molar-refractivity contribution in [1.29, 1.82) is 10.5 Å². The standard InChI is InChI=1S/C28H28N2O6S4/c1-21-5-9-25(10-6-21)39(31,32)35-13-3-15-37-27-17-23(19-29)24(20-30)18-28(27)38-16-4-14-36-40(33,34)26-11-7-22(2)8-12-26/h5-12,17-18H,3-4,13-16H2,1-2H3. The molecule has 0 saturated carbocycles. The molecule has 8 nitrogen and oxygen atoms in total. The van der Waals surface area contributed by atoms with Crippen molar-refractivity contribution in [2.45, 2.75) is 46.3 Å². The van der Waals surface area contributed by atoms with E-state index in [9.17, 15) is 27.4 Å². The van der Waals surface area contributed by atoms with Gasteiger partial charge in [-0.05, 0) is 63.1 Å². The molecule has 0 aliphatic carbocycles. The maximum Gasteiger partial charge on any atom is 0.296 e. The van der Waals surface area contributed by atoms with E-state index in [4.69, 9.17) is 8.37 Å². The second kappa shape index (κ2) is 14.7. The first-order valence-electron chi connectivity index (χ1n) is 12.2. The Labute approximate surface area is 244 Å². The molecular weight excluding hydrogens is 589 g/mol. The predicted octanol–water partition coefficient (Wildman–Crippen LogP) is 5.82. The van der Waals surface area contributed by atoms with E-state index in [0.717, 1.165) is 20.9 Å². The minimum absolute atomic E-state index is 0.000131. The van der Waals surface area contributed by atoms with Crippen LogP contribution in [-0.4, -0.2) is 41.6 Å². The van der Waals surface area contributed by atoms with Crippen molar-refractivity contribution < 1.29 is 25.2 Å². The zero-order chi connectivity index (χ0) is 29.2. The zero-order valence-corrected chi connectivity index (χ0v) is 25.3. The molecule has 3 aromatic rings. The van der Waals surface area contributed by atoms with Gasteiger partial charge in [0.1, 0.15) is 12.1 Å². The van der Waals surface area contributed by atoms with Crippen LogP contribution >= 0.6 is 23.5 Å². The fourth-order valence-electron chi connectivity index (χ4n) is 3.34. The highest BCUT2D eigenvalue weighted by Crippen LogP contribution is 2.34. The molecule has 40 heavy (non-hydrogen) atoms. The number of rotatable bonds is 14. The van der Waals surface area contributed by atoms with E-state index in [2.05, 4.69) is 0 Å². The lowest BCUT2D eigenvalue weighted by Crippen LogP contribution is -2.08. The smallest absolute Gasteiger partial charge is 0.266 e. The van der Waals surface area contributed by atoms with Crippen molar-refractivity contribution in [3.8, 4) is 12.1 Å². The largest absolute Gasteiger partial charge is 0.296 e. The minimum atomic E-state index is -3.84. The summed E-state index contributed by atoms with van der Waals surface area (Å²) in [4.78, 5) is 1.75. The summed E-state index contributed by atoms with van der Waals surface area (Å²) in [6.45, 7) is 3.74. The Morgan fingerprint density at radius 1 is 0.650 bits per heavy atom. The molecule has 0 heterocycles. The van der Waals surface area contributed by atoms with Gasteiger partial charge in [0.2, 0.25) is 0 Å². The maximum atomic E-state index is 12.4. The Balaban J connectivity index is 1.54. The third-order valence-corrected chi connectivity index (χ3v) is 10.6. The first kappa shape index (κ1) is 31.7. The molecule has 0 aliphatic heterocycles. The van der Waals surface area contributed by atoms with Gasteiger partial charge in [0, 0.05) is 21.3 Å². The van der Waals surface area contributed by atoms with Crippen molar-refractivity contribution in [2.75, 3.05) is 24.7 Å². The summed E-state index contributed by atoms with van der Waals surface area (Å²) in [6, 6.07) is 20.2. The molecule has 0 bridgehead atoms. The first-order valence-corrected chi connectivity index (χ1v) is 17.0. The summed E-state index contributed by atoms with van der Waals surface area (Å²) < 4.78 is 59.8. The van der Waals surface area contributed by atoms with Gasteiger partial charge < -0.3 is 0 Å². The highest BCUT2D eigenvalue weighted by molar-refractivity contribution is 8.02. The van der Waals surface area contributed by atoms with Crippen molar-refractivity contribution in [2.24, 2.45) is 0 Å². The molecule has 12 heteroatoms. The molecule has 0 amide bonds. The summed E-state index contributed by atoms with van der Waals surface area (Å²) in [5.41, 5.74) is 2.39. The van der Waals surface area contributed by atoms with Gasteiger partial charge in [0.15, 0.2) is 0 Å². The maximum absolute atomic E-state index is 12.4. The molecule has 0 unspecified atom stereocenters. The van der Waals surface area contributed by atoms with E-state index < -0.39 is 20.2 Å². The molecule has 0 aliphatic rings. The Morgan fingerprint density at radius 3 is 1.32 bits per heavy atom. The van der Waals surface area contributed by atoms with E-state index >= 15 is 0 Å². The van der Waals surface area contributed by atoms with E-state index in [-0.39, 0.29) is 34.1 Å². The third-order valence-electron chi connectivity index (χ3n) is 5.51. The van der Waals surface area contributed by atoms with Crippen molar-refractivity contribution in [3.63, 3.8) is 0 Å². The van der Waals surface area contributed by atoms with Crippen LogP contribution in [0.5, 0.6) is 0 Å². The monoisotopic (exact) mass is 616 g/mol. The number of hydrogen-bond acceptors (Lipinski definition) is 10. The molecule has 3 rings (SSSR count). The van der Waals surface area contributed by atoms with Gasteiger partial charge >= 0.3 is 0 Å². The van der Waals surface area contributed by atoms with Gasteiger partial charge in [-0.1, -0.05) is 35.4 Å². The lowest BCUT2D eigenvalue weighted by molar-refractivity contribution is 0.318. The molecule has 0 atom stereocenters. The van der Waals surface area contributed by atoms with E-state index in [1.165, 1.54) is 47.8 Å². The average molecular weight is 617 g/mol. The summed E-state index contributed by atoms with van der Waals surface area (Å²) in [6.07, 6.45) is 0.874. The van der Waals surface area contributed by atoms with Crippen LogP contribution in [0.1, 0.15) is 35.1 Å². The minimum Gasteiger partial charge on any atom is -0.266 e. The fraction of sp³-hybridized carbons (Fsp3) is 0.286. The number of aryl methyl sites for hydroxylation is 2. The molecule has 0 spiro atoms. The van der Waals surface area contributed by atoms with Crippen molar-refractivity contribution >= 4 is 43.8 Å². The van der Waals surface area contributed by atoms with Crippen LogP contribution in [0.4, 0.5) is 0 Å². The van der Waals surface area contributed by atoms with Crippen LogP contribution in [0, 0.1) is 36.5 Å². The van der Waals surface area contributed by atoms with Crippen LogP contribution in [0.3, 0.4) is 0 Å². The van der Waals surface area contributed by atoms with Gasteiger partial charge in [-0.15, -0.1) is 23.5 Å². The second-order valence-electron chi connectivity index (χ2n) is 8.65. The molecule has 0 saturated heterocycles. The summed E-state index contributed by atoms with van der Waals surface area (Å²) in [5.74, 6) is 1.04. The Hall–Kier alpha value is -2.84. The summed E-state index contributed by atoms with van der Waals surface area (Å²) >= 11 is 2.85. The topological polar surface area (TPSA) is 134 Å². The van der Waals surface area contributed by atoms with Gasteiger partial charge in [0.25, 0.3) is 20.2 Å². The molecule has 3 aromatic carbocycles. The Bertz CT molecular complexity index is 1480. The third kappa shape index (κ3) is 9.10. The molecule has 210 valence electrons. The summed E-state index contributed by atoms with van der Waals surface area (Å²) in [5, 5.41) is 18.9. The van der Waals surface area contributed by atoms with E-state index in [0.29, 0.717) is 24.3 Å². The predicted molar refractivity (Wildman–Crippen MR) is 155 cm³/mol. The highest BCUT2D eigenvalue weighted by atomic mass is 32.2. The van der Waals surface area contributed by atoms with Gasteiger partial charge in [-0.3, -0.25) is 8.37 Å². The van der Waals surface area contributed by atoms with Gasteiger partial charge in [-0.2, -0.15) is 27.4 Å². The molecule has 0 fully saturated rings. The zero-order valence-electron chi connectivity index (χ0n) is 22.0. The SMILES string of the molecule is Cc1ccc(S(=O)(=O)OCCCSc2cc(C#N)c(C#N)cc2SCCCOS(=O)(=O)c2ccc(C)cc2)cc1. The number of benzene rings is 3. The number of nitrogens with zero attached hydrogens (tertiary/aromatic N) is 2.